The summed E-state index contributed by atoms with van der Waals surface area (Å²) in [7, 11) is 0. The Morgan fingerprint density at radius 2 is 1.60 bits per heavy atom. The molecule has 2 bridgehead atoms. The van der Waals surface area contributed by atoms with E-state index in [1.54, 1.807) is 38.1 Å². The van der Waals surface area contributed by atoms with Crippen LogP contribution in [0.25, 0.3) is 6.08 Å². The van der Waals surface area contributed by atoms with Crippen LogP contribution >= 0.6 is 0 Å². The van der Waals surface area contributed by atoms with Crippen LogP contribution in [0.3, 0.4) is 0 Å². The zero-order valence-corrected chi connectivity index (χ0v) is 32.0. The van der Waals surface area contributed by atoms with Crippen molar-refractivity contribution >= 4 is 35.8 Å². The van der Waals surface area contributed by atoms with Crippen molar-refractivity contribution in [2.45, 2.75) is 75.6 Å². The van der Waals surface area contributed by atoms with Crippen molar-refractivity contribution < 1.29 is 57.6 Å². The maximum absolute atomic E-state index is 14.6. The molecule has 0 spiro atoms. The number of aliphatic hydroxyl groups is 1. The van der Waals surface area contributed by atoms with E-state index in [1.807, 2.05) is 66.7 Å². The van der Waals surface area contributed by atoms with Crippen molar-refractivity contribution in [2.75, 3.05) is 26.3 Å². The summed E-state index contributed by atoms with van der Waals surface area (Å²) in [5.41, 5.74) is 0.555. The number of esters is 3. The van der Waals surface area contributed by atoms with Gasteiger partial charge in [-0.1, -0.05) is 98.8 Å². The van der Waals surface area contributed by atoms with Gasteiger partial charge in [0, 0.05) is 48.5 Å². The third kappa shape index (κ3) is 7.06. The molecule has 3 N–H and O–H groups in total. The number of hydrogen-bond donors (Lipinski definition) is 3. The highest BCUT2D eigenvalue weighted by atomic mass is 16.8. The van der Waals surface area contributed by atoms with Crippen LogP contribution in [-0.2, 0) is 64.8 Å². The van der Waals surface area contributed by atoms with Crippen molar-refractivity contribution in [2.24, 2.45) is 10.8 Å². The van der Waals surface area contributed by atoms with Crippen LogP contribution in [0.15, 0.2) is 91.0 Å². The Hall–Kier alpha value is -5.45. The molecule has 4 aliphatic heterocycles. The lowest BCUT2D eigenvalue weighted by Crippen LogP contribution is -2.69. The fourth-order valence-electron chi connectivity index (χ4n) is 8.66. The molecule has 0 unspecified atom stereocenters. The standard InChI is InChI=1S/C43H45N3O12/c1-41(2)25-53-39(51)37(41)55-32(49)17-16-26-10-9-11-27(22-26)24-46-35-38(50)54-30-23-42(35,40(52)45-19-18-31(48)44-20-21-47)36(58-46)34-33(30)56-43(57-34,28-12-5-3-6-13-28)29-14-7-4-8-15-29/h3-17,22,30,33-37,47H,18-21,23-25H2,1-2H3,(H,44,48)(H,45,52)/t30-,33+,34+,35+,36-,37+,42+/m1/s1. The molecule has 15 nitrogen and oxygen atoms in total. The van der Waals surface area contributed by atoms with Gasteiger partial charge in [-0.15, -0.1) is 0 Å². The summed E-state index contributed by atoms with van der Waals surface area (Å²) in [6, 6.07) is 24.8. The predicted molar refractivity (Wildman–Crippen MR) is 202 cm³/mol. The van der Waals surface area contributed by atoms with Crippen molar-refractivity contribution in [1.29, 1.82) is 0 Å². The van der Waals surface area contributed by atoms with Gasteiger partial charge in [-0.05, 0) is 17.2 Å². The molecule has 8 rings (SSSR count). The van der Waals surface area contributed by atoms with Gasteiger partial charge in [-0.25, -0.2) is 9.59 Å². The van der Waals surface area contributed by atoms with E-state index in [0.29, 0.717) is 22.3 Å². The summed E-state index contributed by atoms with van der Waals surface area (Å²) in [4.78, 5) is 72.8. The van der Waals surface area contributed by atoms with Crippen LogP contribution < -0.4 is 10.6 Å². The Balaban J connectivity index is 1.09. The molecular formula is C43H45N3O12. The lowest BCUT2D eigenvalue weighted by molar-refractivity contribution is -0.213. The van der Waals surface area contributed by atoms with Gasteiger partial charge in [0.25, 0.3) is 0 Å². The molecule has 5 aliphatic rings. The van der Waals surface area contributed by atoms with Crippen molar-refractivity contribution in [3.05, 3.63) is 113 Å². The molecule has 0 radical (unpaired) electrons. The molecule has 304 valence electrons. The lowest BCUT2D eigenvalue weighted by Gasteiger charge is -2.48. The van der Waals surface area contributed by atoms with Gasteiger partial charge in [0.15, 0.2) is 6.04 Å². The third-order valence-corrected chi connectivity index (χ3v) is 11.4. The highest BCUT2D eigenvalue weighted by molar-refractivity contribution is 5.94. The number of hydroxylamine groups is 2. The highest BCUT2D eigenvalue weighted by Crippen LogP contribution is 2.59. The number of nitrogens with one attached hydrogen (secondary N) is 2. The third-order valence-electron chi connectivity index (χ3n) is 11.4. The Morgan fingerprint density at radius 3 is 2.28 bits per heavy atom. The quantitative estimate of drug-likeness (QED) is 0.130. The van der Waals surface area contributed by atoms with Crippen molar-refractivity contribution in [1.82, 2.24) is 15.7 Å². The summed E-state index contributed by atoms with van der Waals surface area (Å²) in [6.45, 7) is 3.58. The first-order chi connectivity index (χ1) is 27.9. The molecule has 5 fully saturated rings. The number of amides is 2. The van der Waals surface area contributed by atoms with Gasteiger partial charge in [0.1, 0.15) is 36.4 Å². The molecular weight excluding hydrogens is 750 g/mol. The van der Waals surface area contributed by atoms with Crippen LogP contribution in [0.1, 0.15) is 48.9 Å². The number of hydrogen-bond acceptors (Lipinski definition) is 13. The molecule has 15 heteroatoms. The second kappa shape index (κ2) is 15.7. The Bertz CT molecular complexity index is 2050. The number of fused-ring (bicyclic) bond motifs is 4. The van der Waals surface area contributed by atoms with Crippen LogP contribution in [0.5, 0.6) is 0 Å². The summed E-state index contributed by atoms with van der Waals surface area (Å²) in [5.74, 6) is -4.23. The van der Waals surface area contributed by atoms with Gasteiger partial charge in [-0.3, -0.25) is 19.2 Å². The molecule has 0 aromatic heterocycles. The zero-order valence-electron chi connectivity index (χ0n) is 32.0. The summed E-state index contributed by atoms with van der Waals surface area (Å²) < 4.78 is 30.5. The molecule has 3 aromatic rings. The second-order valence-electron chi connectivity index (χ2n) is 15.8. The van der Waals surface area contributed by atoms with E-state index in [0.717, 1.165) is 0 Å². The van der Waals surface area contributed by atoms with Crippen molar-refractivity contribution in [3.63, 3.8) is 0 Å². The van der Waals surface area contributed by atoms with E-state index in [-0.39, 0.29) is 51.6 Å². The molecule has 4 heterocycles. The van der Waals surface area contributed by atoms with Crippen LogP contribution in [0.2, 0.25) is 0 Å². The molecule has 3 aromatic carbocycles. The minimum atomic E-state index is -1.51. The smallest absolute Gasteiger partial charge is 0.348 e. The Labute approximate surface area is 334 Å². The number of carbonyl (C=O) groups is 5. The fraction of sp³-hybridized carbons (Fsp3) is 0.419. The average molecular weight is 796 g/mol. The van der Waals surface area contributed by atoms with Crippen LogP contribution in [0.4, 0.5) is 0 Å². The fourth-order valence-corrected chi connectivity index (χ4v) is 8.66. The number of nitrogens with zero attached hydrogens (tertiary/aromatic N) is 1. The lowest BCUT2D eigenvalue weighted by atomic mass is 9.62. The Morgan fingerprint density at radius 1 is 0.897 bits per heavy atom. The van der Waals surface area contributed by atoms with E-state index < -0.39 is 77.0 Å². The molecule has 58 heavy (non-hydrogen) atoms. The normalized spacial score (nSPS) is 29.0. The van der Waals surface area contributed by atoms with Gasteiger partial charge >= 0.3 is 17.9 Å². The molecule has 1 saturated carbocycles. The maximum atomic E-state index is 14.6. The Kier molecular flexibility index (Phi) is 10.7. The number of ether oxygens (including phenoxy) is 5. The van der Waals surface area contributed by atoms with Gasteiger partial charge in [0.05, 0.1) is 13.2 Å². The predicted octanol–water partition coefficient (Wildman–Crippen LogP) is 2.29. The average Bonchev–Trinajstić information content (AvgIpc) is 3.88. The monoisotopic (exact) mass is 795 g/mol. The van der Waals surface area contributed by atoms with E-state index >= 15 is 0 Å². The molecule has 4 saturated heterocycles. The van der Waals surface area contributed by atoms with E-state index in [9.17, 15) is 24.0 Å². The minimum Gasteiger partial charge on any atom is -0.462 e. The topological polar surface area (TPSA) is 188 Å². The van der Waals surface area contributed by atoms with E-state index in [2.05, 4.69) is 10.6 Å². The number of cyclic esters (lactones) is 1. The van der Waals surface area contributed by atoms with Gasteiger partial charge in [0.2, 0.25) is 23.7 Å². The first kappa shape index (κ1) is 39.4. The molecule has 2 amide bonds. The molecule has 7 atom stereocenters. The first-order valence-electron chi connectivity index (χ1n) is 19.4. The number of rotatable bonds is 13. The number of carbonyl (C=O) groups excluding carboxylic acids is 5. The van der Waals surface area contributed by atoms with E-state index in [1.165, 1.54) is 11.1 Å². The molecule has 1 aliphatic carbocycles. The highest BCUT2D eigenvalue weighted by Gasteiger charge is 2.76. The summed E-state index contributed by atoms with van der Waals surface area (Å²) >= 11 is 0. The maximum Gasteiger partial charge on any atom is 0.348 e. The van der Waals surface area contributed by atoms with Crippen LogP contribution in [-0.4, -0.2) is 103 Å². The van der Waals surface area contributed by atoms with Gasteiger partial charge < -0.3 is 39.4 Å². The second-order valence-corrected chi connectivity index (χ2v) is 15.8. The minimum absolute atomic E-state index is 0.0311. The first-order valence-corrected chi connectivity index (χ1v) is 19.4. The zero-order chi connectivity index (χ0) is 40.7. The summed E-state index contributed by atoms with van der Waals surface area (Å²) in [5, 5.41) is 16.0. The van der Waals surface area contributed by atoms with Crippen molar-refractivity contribution in [3.8, 4) is 0 Å². The van der Waals surface area contributed by atoms with Crippen LogP contribution in [0, 0.1) is 10.8 Å². The SMILES string of the molecule is CC1(C)COC(=O)[C@@H]1OC(=O)C=Cc1cccc(CN2O[C@@H]3[C@H]4OC(c5ccccc5)(c5ccccc5)O[C@H]4[C@H]4C[C@]3(C(=O)NCCC(=O)NCCO)[C@@H]2C(=O)O4)c1. The largest absolute Gasteiger partial charge is 0.462 e. The number of aliphatic hydroxyl groups excluding tert-OH is 1. The summed E-state index contributed by atoms with van der Waals surface area (Å²) in [6.07, 6.45) is -1.82. The van der Waals surface area contributed by atoms with Gasteiger partial charge in [-0.2, -0.15) is 5.06 Å². The van der Waals surface area contributed by atoms with E-state index in [4.69, 9.17) is 33.6 Å². The number of benzene rings is 3.